The smallest absolute Gasteiger partial charge is 0.257 e. The second kappa shape index (κ2) is 5.77. The Morgan fingerprint density at radius 3 is 3.05 bits per heavy atom. The molecule has 1 saturated heterocycles. The van der Waals surface area contributed by atoms with Gasteiger partial charge in [0.15, 0.2) is 0 Å². The van der Waals surface area contributed by atoms with E-state index in [1.807, 2.05) is 0 Å². The number of carbonyl (C=O) groups is 1. The lowest BCUT2D eigenvalue weighted by atomic mass is 9.96. The molecule has 1 aliphatic rings. The molecule has 0 radical (unpaired) electrons. The van der Waals surface area contributed by atoms with Crippen molar-refractivity contribution < 1.29 is 9.90 Å². The first kappa shape index (κ1) is 13.9. The second-order valence-electron chi connectivity index (χ2n) is 5.23. The van der Waals surface area contributed by atoms with Crippen molar-refractivity contribution in [3.63, 3.8) is 0 Å². The SMILES string of the molecule is O=C(c1ccc(Cl)cc1O)N1CCC[C@@H](c2ncc[nH]2)C1. The Labute approximate surface area is 127 Å². The third kappa shape index (κ3) is 2.88. The van der Waals surface area contributed by atoms with Crippen molar-refractivity contribution in [2.45, 2.75) is 18.8 Å². The molecule has 1 amide bonds. The number of aromatic nitrogens is 2. The topological polar surface area (TPSA) is 69.2 Å². The largest absolute Gasteiger partial charge is 0.507 e. The number of H-pyrrole nitrogens is 1. The quantitative estimate of drug-likeness (QED) is 0.896. The van der Waals surface area contributed by atoms with Gasteiger partial charge in [-0.05, 0) is 31.0 Å². The molecule has 6 heteroatoms. The lowest BCUT2D eigenvalue weighted by Crippen LogP contribution is -2.39. The molecule has 1 atom stereocenters. The van der Waals surface area contributed by atoms with Gasteiger partial charge in [0.25, 0.3) is 5.91 Å². The molecule has 3 rings (SSSR count). The van der Waals surface area contributed by atoms with Crippen molar-refractivity contribution in [2.75, 3.05) is 13.1 Å². The van der Waals surface area contributed by atoms with Crippen LogP contribution in [-0.2, 0) is 0 Å². The number of phenols is 1. The van der Waals surface area contributed by atoms with Gasteiger partial charge >= 0.3 is 0 Å². The summed E-state index contributed by atoms with van der Waals surface area (Å²) in [6.45, 7) is 1.30. The molecule has 0 aliphatic carbocycles. The molecular formula is C15H16ClN3O2. The predicted molar refractivity (Wildman–Crippen MR) is 79.6 cm³/mol. The van der Waals surface area contributed by atoms with Crippen LogP contribution in [0.5, 0.6) is 5.75 Å². The van der Waals surface area contributed by atoms with Crippen molar-refractivity contribution in [3.05, 3.63) is 47.0 Å². The zero-order valence-electron chi connectivity index (χ0n) is 11.4. The van der Waals surface area contributed by atoms with Gasteiger partial charge in [-0.25, -0.2) is 4.98 Å². The van der Waals surface area contributed by atoms with E-state index in [0.717, 1.165) is 18.7 Å². The third-order valence-corrected chi connectivity index (χ3v) is 4.04. The number of amides is 1. The maximum atomic E-state index is 12.5. The van der Waals surface area contributed by atoms with Crippen LogP contribution in [0, 0.1) is 0 Å². The van der Waals surface area contributed by atoms with Gasteiger partial charge in [-0.2, -0.15) is 0 Å². The van der Waals surface area contributed by atoms with Crippen LogP contribution in [0.1, 0.15) is 34.9 Å². The first-order chi connectivity index (χ1) is 10.1. The van der Waals surface area contributed by atoms with Crippen LogP contribution in [0.2, 0.25) is 5.02 Å². The third-order valence-electron chi connectivity index (χ3n) is 3.80. The molecule has 1 aromatic carbocycles. The average Bonchev–Trinajstić information content (AvgIpc) is 3.01. The highest BCUT2D eigenvalue weighted by Gasteiger charge is 2.27. The Morgan fingerprint density at radius 2 is 2.33 bits per heavy atom. The number of nitrogens with zero attached hydrogens (tertiary/aromatic N) is 2. The fourth-order valence-corrected chi connectivity index (χ4v) is 2.91. The highest BCUT2D eigenvalue weighted by atomic mass is 35.5. The fraction of sp³-hybridized carbons (Fsp3) is 0.333. The van der Waals surface area contributed by atoms with Gasteiger partial charge in [0, 0.05) is 36.4 Å². The summed E-state index contributed by atoms with van der Waals surface area (Å²) in [6, 6.07) is 4.57. The molecule has 2 N–H and O–H groups in total. The molecule has 1 aromatic heterocycles. The van der Waals surface area contributed by atoms with E-state index in [4.69, 9.17) is 11.6 Å². The molecule has 21 heavy (non-hydrogen) atoms. The zero-order valence-corrected chi connectivity index (χ0v) is 12.2. The van der Waals surface area contributed by atoms with E-state index in [0.29, 0.717) is 23.7 Å². The molecule has 1 fully saturated rings. The summed E-state index contributed by atoms with van der Waals surface area (Å²) in [5.41, 5.74) is 0.291. The molecule has 1 aliphatic heterocycles. The Morgan fingerprint density at radius 1 is 1.48 bits per heavy atom. The van der Waals surface area contributed by atoms with E-state index in [2.05, 4.69) is 9.97 Å². The number of piperidine rings is 1. The summed E-state index contributed by atoms with van der Waals surface area (Å²) < 4.78 is 0. The summed E-state index contributed by atoms with van der Waals surface area (Å²) in [5, 5.41) is 10.3. The highest BCUT2D eigenvalue weighted by molar-refractivity contribution is 6.30. The van der Waals surface area contributed by atoms with E-state index >= 15 is 0 Å². The minimum absolute atomic E-state index is 0.0763. The van der Waals surface area contributed by atoms with E-state index in [1.54, 1.807) is 29.4 Å². The normalized spacial score (nSPS) is 18.7. The van der Waals surface area contributed by atoms with Crippen LogP contribution in [0.3, 0.4) is 0 Å². The number of hydrogen-bond acceptors (Lipinski definition) is 3. The standard InChI is InChI=1S/C15H16ClN3O2/c16-11-3-4-12(13(20)8-11)15(21)19-7-1-2-10(9-19)14-17-5-6-18-14/h3-6,8,10,20H,1-2,7,9H2,(H,17,18)/t10-/m1/s1. The highest BCUT2D eigenvalue weighted by Crippen LogP contribution is 2.28. The summed E-state index contributed by atoms with van der Waals surface area (Å²) in [6.07, 6.45) is 5.44. The van der Waals surface area contributed by atoms with E-state index < -0.39 is 0 Å². The van der Waals surface area contributed by atoms with Crippen molar-refractivity contribution >= 4 is 17.5 Å². The Balaban J connectivity index is 1.78. The Hall–Kier alpha value is -2.01. The number of hydrogen-bond donors (Lipinski definition) is 2. The number of phenolic OH excluding ortho intramolecular Hbond substituents is 1. The number of rotatable bonds is 2. The van der Waals surface area contributed by atoms with Crippen LogP contribution < -0.4 is 0 Å². The zero-order chi connectivity index (χ0) is 14.8. The van der Waals surface area contributed by atoms with Gasteiger partial charge in [0.2, 0.25) is 0 Å². The minimum atomic E-state index is -0.166. The van der Waals surface area contributed by atoms with Crippen LogP contribution in [0.4, 0.5) is 0 Å². The number of nitrogens with one attached hydrogen (secondary N) is 1. The van der Waals surface area contributed by atoms with Crippen molar-refractivity contribution in [1.29, 1.82) is 0 Å². The van der Waals surface area contributed by atoms with E-state index in [9.17, 15) is 9.90 Å². The molecule has 0 spiro atoms. The first-order valence-electron chi connectivity index (χ1n) is 6.92. The monoisotopic (exact) mass is 305 g/mol. The van der Waals surface area contributed by atoms with E-state index in [-0.39, 0.29) is 17.6 Å². The van der Waals surface area contributed by atoms with Gasteiger partial charge in [-0.15, -0.1) is 0 Å². The Kier molecular flexibility index (Phi) is 3.84. The molecule has 0 unspecified atom stereocenters. The fourth-order valence-electron chi connectivity index (χ4n) is 2.74. The number of halogens is 1. The van der Waals surface area contributed by atoms with Gasteiger partial charge in [-0.3, -0.25) is 4.79 Å². The van der Waals surface area contributed by atoms with Crippen LogP contribution >= 0.6 is 11.6 Å². The minimum Gasteiger partial charge on any atom is -0.507 e. The molecule has 2 heterocycles. The lowest BCUT2D eigenvalue weighted by molar-refractivity contribution is 0.0702. The van der Waals surface area contributed by atoms with Crippen molar-refractivity contribution in [1.82, 2.24) is 14.9 Å². The predicted octanol–water partition coefficient (Wildman–Crippen LogP) is 2.79. The summed E-state index contributed by atoms with van der Waals surface area (Å²) in [7, 11) is 0. The molecule has 110 valence electrons. The van der Waals surface area contributed by atoms with Gasteiger partial charge < -0.3 is 15.0 Å². The maximum Gasteiger partial charge on any atom is 0.257 e. The van der Waals surface area contributed by atoms with Gasteiger partial charge in [0.05, 0.1) is 5.56 Å². The second-order valence-corrected chi connectivity index (χ2v) is 5.66. The summed E-state index contributed by atoms with van der Waals surface area (Å²) in [4.78, 5) is 21.7. The van der Waals surface area contributed by atoms with Gasteiger partial charge in [-0.1, -0.05) is 11.6 Å². The Bertz CT molecular complexity index is 642. The molecule has 5 nitrogen and oxygen atoms in total. The molecule has 2 aromatic rings. The first-order valence-corrected chi connectivity index (χ1v) is 7.30. The van der Waals surface area contributed by atoms with Crippen molar-refractivity contribution in [2.24, 2.45) is 0 Å². The van der Waals surface area contributed by atoms with E-state index in [1.165, 1.54) is 6.07 Å². The summed E-state index contributed by atoms with van der Waals surface area (Å²) >= 11 is 5.80. The number of aromatic hydroxyl groups is 1. The number of likely N-dealkylation sites (tertiary alicyclic amines) is 1. The molecular weight excluding hydrogens is 290 g/mol. The average molecular weight is 306 g/mol. The number of imidazole rings is 1. The molecule has 0 saturated carbocycles. The summed E-state index contributed by atoms with van der Waals surface area (Å²) in [5.74, 6) is 0.882. The van der Waals surface area contributed by atoms with Crippen LogP contribution in [-0.4, -0.2) is 39.0 Å². The number of carbonyl (C=O) groups excluding carboxylic acids is 1. The molecule has 0 bridgehead atoms. The van der Waals surface area contributed by atoms with Gasteiger partial charge in [0.1, 0.15) is 11.6 Å². The van der Waals surface area contributed by atoms with Crippen LogP contribution in [0.15, 0.2) is 30.6 Å². The van der Waals surface area contributed by atoms with Crippen LogP contribution in [0.25, 0.3) is 0 Å². The maximum absolute atomic E-state index is 12.5. The van der Waals surface area contributed by atoms with Crippen molar-refractivity contribution in [3.8, 4) is 5.75 Å². The number of aromatic amines is 1. The number of benzene rings is 1. The lowest BCUT2D eigenvalue weighted by Gasteiger charge is -2.32.